The first-order valence-corrected chi connectivity index (χ1v) is 9.57. The van der Waals surface area contributed by atoms with Crippen molar-refractivity contribution in [2.75, 3.05) is 11.1 Å². The molecule has 5 rings (SSSR count). The molecule has 150 valence electrons. The fourth-order valence-corrected chi connectivity index (χ4v) is 3.68. The predicted molar refractivity (Wildman–Crippen MR) is 111 cm³/mol. The van der Waals surface area contributed by atoms with Crippen LogP contribution in [-0.4, -0.2) is 30.6 Å². The Labute approximate surface area is 175 Å². The monoisotopic (exact) mass is 421 g/mol. The van der Waals surface area contributed by atoms with E-state index in [2.05, 4.69) is 25.5 Å². The van der Waals surface area contributed by atoms with E-state index in [9.17, 15) is 4.79 Å². The highest BCUT2D eigenvalue weighted by Crippen LogP contribution is 2.35. The smallest absolute Gasteiger partial charge is 0.230 e. The maximum Gasteiger partial charge on any atom is 0.230 e. The summed E-state index contributed by atoms with van der Waals surface area (Å²) in [7, 11) is 0. The molecule has 3 aromatic heterocycles. The van der Waals surface area contributed by atoms with Gasteiger partial charge in [-0.1, -0.05) is 11.6 Å². The molecule has 0 spiro atoms. The topological polar surface area (TPSA) is 121 Å². The van der Waals surface area contributed by atoms with Crippen molar-refractivity contribution in [3.8, 4) is 5.69 Å². The molecule has 0 saturated carbocycles. The van der Waals surface area contributed by atoms with Crippen LogP contribution in [0.2, 0.25) is 5.15 Å². The van der Waals surface area contributed by atoms with E-state index in [1.807, 2.05) is 28.8 Å². The molecule has 3 N–H and O–H groups in total. The normalized spacial score (nSPS) is 12.8. The van der Waals surface area contributed by atoms with E-state index >= 15 is 0 Å². The third kappa shape index (κ3) is 3.23. The Morgan fingerprint density at radius 1 is 1.13 bits per heavy atom. The molecule has 30 heavy (non-hydrogen) atoms. The van der Waals surface area contributed by atoms with Gasteiger partial charge in [-0.2, -0.15) is 5.10 Å². The largest absolute Gasteiger partial charge is 0.382 e. The summed E-state index contributed by atoms with van der Waals surface area (Å²) in [6.07, 6.45) is 1.57. The molecule has 0 aliphatic carbocycles. The molecule has 1 aliphatic heterocycles. The Morgan fingerprint density at radius 2 is 1.97 bits per heavy atom. The van der Waals surface area contributed by atoms with Crippen LogP contribution in [0.3, 0.4) is 0 Å². The summed E-state index contributed by atoms with van der Waals surface area (Å²) in [4.78, 5) is 20.8. The van der Waals surface area contributed by atoms with Crippen LogP contribution in [0.4, 0.5) is 11.5 Å². The fourth-order valence-electron chi connectivity index (χ4n) is 3.58. The lowest BCUT2D eigenvalue weighted by Crippen LogP contribution is -2.15. The SMILES string of the molecule is Nc1ncnc2c3c(n(-c4ccc(NC(=O)Cc5ccc(Cl)nn5)cc4)c12)COC3. The average Bonchev–Trinajstić information content (AvgIpc) is 3.32. The number of amides is 1. The van der Waals surface area contributed by atoms with Gasteiger partial charge in [0.05, 0.1) is 31.0 Å². The zero-order chi connectivity index (χ0) is 20.7. The number of hydrogen-bond donors (Lipinski definition) is 2. The number of benzene rings is 1. The van der Waals surface area contributed by atoms with Gasteiger partial charge in [0.15, 0.2) is 11.0 Å². The number of halogens is 1. The minimum absolute atomic E-state index is 0.104. The summed E-state index contributed by atoms with van der Waals surface area (Å²) < 4.78 is 7.62. The summed E-state index contributed by atoms with van der Waals surface area (Å²) in [5.74, 6) is 0.216. The van der Waals surface area contributed by atoms with Crippen LogP contribution < -0.4 is 11.1 Å². The lowest BCUT2D eigenvalue weighted by atomic mass is 10.2. The summed E-state index contributed by atoms with van der Waals surface area (Å²) in [5, 5.41) is 10.8. The molecular weight excluding hydrogens is 406 g/mol. The van der Waals surface area contributed by atoms with Crippen molar-refractivity contribution < 1.29 is 9.53 Å². The summed E-state index contributed by atoms with van der Waals surface area (Å²) in [5.41, 5.74) is 11.8. The number of nitrogens with one attached hydrogen (secondary N) is 1. The highest BCUT2D eigenvalue weighted by Gasteiger charge is 2.25. The molecular formula is C20H16ClN7O2. The van der Waals surface area contributed by atoms with Gasteiger partial charge < -0.3 is 20.4 Å². The Balaban J connectivity index is 1.41. The first-order valence-electron chi connectivity index (χ1n) is 9.19. The molecule has 0 unspecified atom stereocenters. The highest BCUT2D eigenvalue weighted by atomic mass is 35.5. The number of carbonyl (C=O) groups excluding carboxylic acids is 1. The van der Waals surface area contributed by atoms with E-state index in [0.717, 1.165) is 28.0 Å². The lowest BCUT2D eigenvalue weighted by Gasteiger charge is -2.11. The number of nitrogens with two attached hydrogens (primary N) is 1. The minimum Gasteiger partial charge on any atom is -0.382 e. The molecule has 0 radical (unpaired) electrons. The molecule has 10 heteroatoms. The predicted octanol–water partition coefficient (Wildman–Crippen LogP) is 2.66. The zero-order valence-electron chi connectivity index (χ0n) is 15.7. The van der Waals surface area contributed by atoms with E-state index in [-0.39, 0.29) is 17.5 Å². The lowest BCUT2D eigenvalue weighted by molar-refractivity contribution is -0.115. The van der Waals surface area contributed by atoms with E-state index in [4.69, 9.17) is 22.1 Å². The van der Waals surface area contributed by atoms with Gasteiger partial charge in [0.25, 0.3) is 0 Å². The van der Waals surface area contributed by atoms with Crippen molar-refractivity contribution >= 4 is 40.0 Å². The maximum atomic E-state index is 12.3. The molecule has 0 saturated heterocycles. The van der Waals surface area contributed by atoms with E-state index in [1.54, 1.807) is 12.1 Å². The zero-order valence-corrected chi connectivity index (χ0v) is 16.4. The molecule has 1 aliphatic rings. The number of nitrogen functional groups attached to an aromatic ring is 1. The summed E-state index contributed by atoms with van der Waals surface area (Å²) in [6, 6.07) is 10.7. The quantitative estimate of drug-likeness (QED) is 0.519. The van der Waals surface area contributed by atoms with Gasteiger partial charge in [-0.15, -0.1) is 5.10 Å². The third-order valence-electron chi connectivity index (χ3n) is 4.90. The molecule has 0 atom stereocenters. The number of hydrogen-bond acceptors (Lipinski definition) is 7. The van der Waals surface area contributed by atoms with Gasteiger partial charge in [-0.05, 0) is 36.4 Å². The van der Waals surface area contributed by atoms with E-state index in [1.165, 1.54) is 6.33 Å². The van der Waals surface area contributed by atoms with Crippen molar-refractivity contribution in [2.24, 2.45) is 0 Å². The minimum atomic E-state index is -0.197. The standard InChI is InChI=1S/C20H16ClN7O2/c21-16-6-3-12(26-27-16)7-17(29)25-11-1-4-13(5-2-11)28-15-9-30-8-14(15)18-19(28)20(22)24-10-23-18/h1-6,10H,7-9H2,(H,25,29)(H2,22,23,24). The van der Waals surface area contributed by atoms with Crippen molar-refractivity contribution in [3.63, 3.8) is 0 Å². The second-order valence-electron chi connectivity index (χ2n) is 6.83. The van der Waals surface area contributed by atoms with Crippen LogP contribution >= 0.6 is 11.6 Å². The Morgan fingerprint density at radius 3 is 2.73 bits per heavy atom. The Bertz CT molecular complexity index is 1250. The van der Waals surface area contributed by atoms with Crippen LogP contribution in [0.5, 0.6) is 0 Å². The first kappa shape index (κ1) is 18.5. The van der Waals surface area contributed by atoms with Crippen LogP contribution in [0.1, 0.15) is 17.0 Å². The Hall–Kier alpha value is -3.56. The summed E-state index contributed by atoms with van der Waals surface area (Å²) >= 11 is 5.72. The summed E-state index contributed by atoms with van der Waals surface area (Å²) in [6.45, 7) is 0.975. The van der Waals surface area contributed by atoms with Gasteiger partial charge in [0.2, 0.25) is 5.91 Å². The van der Waals surface area contributed by atoms with Crippen molar-refractivity contribution in [1.29, 1.82) is 0 Å². The highest BCUT2D eigenvalue weighted by molar-refractivity contribution is 6.29. The molecule has 4 aromatic rings. The number of nitrogens with zero attached hydrogens (tertiary/aromatic N) is 5. The maximum absolute atomic E-state index is 12.3. The molecule has 1 aromatic carbocycles. The number of carbonyl (C=O) groups is 1. The molecule has 0 fully saturated rings. The number of anilines is 2. The van der Waals surface area contributed by atoms with Gasteiger partial charge in [0, 0.05) is 16.9 Å². The Kier molecular flexibility index (Phi) is 4.53. The molecule has 9 nitrogen and oxygen atoms in total. The van der Waals surface area contributed by atoms with Crippen molar-refractivity contribution in [1.82, 2.24) is 24.7 Å². The third-order valence-corrected chi connectivity index (χ3v) is 5.10. The number of aromatic nitrogens is 5. The van der Waals surface area contributed by atoms with Crippen LogP contribution in [0.15, 0.2) is 42.7 Å². The van der Waals surface area contributed by atoms with Crippen molar-refractivity contribution in [3.05, 3.63) is 64.8 Å². The fraction of sp³-hybridized carbons (Fsp3) is 0.150. The van der Waals surface area contributed by atoms with Crippen molar-refractivity contribution in [2.45, 2.75) is 19.6 Å². The number of ether oxygens (including phenoxy) is 1. The number of fused-ring (bicyclic) bond motifs is 3. The second kappa shape index (κ2) is 7.36. The average molecular weight is 422 g/mol. The van der Waals surface area contributed by atoms with Gasteiger partial charge in [0.1, 0.15) is 17.4 Å². The second-order valence-corrected chi connectivity index (χ2v) is 7.22. The molecule has 1 amide bonds. The molecule has 0 bridgehead atoms. The number of rotatable bonds is 4. The van der Waals surface area contributed by atoms with Gasteiger partial charge in [-0.3, -0.25) is 4.79 Å². The van der Waals surface area contributed by atoms with Gasteiger partial charge >= 0.3 is 0 Å². The first-order chi connectivity index (χ1) is 14.6. The van der Waals surface area contributed by atoms with Crippen LogP contribution in [0.25, 0.3) is 16.7 Å². The van der Waals surface area contributed by atoms with Crippen LogP contribution in [-0.2, 0) is 29.2 Å². The van der Waals surface area contributed by atoms with E-state index in [0.29, 0.717) is 30.4 Å². The van der Waals surface area contributed by atoms with E-state index < -0.39 is 0 Å². The van der Waals surface area contributed by atoms with Crippen LogP contribution in [0, 0.1) is 0 Å². The van der Waals surface area contributed by atoms with Gasteiger partial charge in [-0.25, -0.2) is 9.97 Å². The molecule has 4 heterocycles.